The van der Waals surface area contributed by atoms with Crippen molar-refractivity contribution in [2.75, 3.05) is 19.7 Å². The van der Waals surface area contributed by atoms with E-state index in [0.29, 0.717) is 6.61 Å². The van der Waals surface area contributed by atoms with Crippen molar-refractivity contribution >= 4 is 5.78 Å². The third-order valence-corrected chi connectivity index (χ3v) is 2.59. The Morgan fingerprint density at radius 3 is 2.93 bits per heavy atom. The van der Waals surface area contributed by atoms with E-state index >= 15 is 0 Å². The van der Waals surface area contributed by atoms with Crippen molar-refractivity contribution in [3.63, 3.8) is 0 Å². The van der Waals surface area contributed by atoms with Crippen LogP contribution < -0.4 is 5.32 Å². The van der Waals surface area contributed by atoms with E-state index in [-0.39, 0.29) is 17.8 Å². The Morgan fingerprint density at radius 2 is 2.21 bits per heavy atom. The van der Waals surface area contributed by atoms with E-state index in [9.17, 15) is 4.79 Å². The number of ether oxygens (including phenoxy) is 1. The normalized spacial score (nSPS) is 23.5. The van der Waals surface area contributed by atoms with E-state index < -0.39 is 0 Å². The average Bonchev–Trinajstić information content (AvgIpc) is 2.42. The number of nitrogens with one attached hydrogen (secondary N) is 1. The van der Waals surface area contributed by atoms with Gasteiger partial charge in [-0.05, 0) is 46.2 Å². The zero-order chi connectivity index (χ0) is 10.4. The first-order valence-corrected chi connectivity index (χ1v) is 5.55. The quantitative estimate of drug-likeness (QED) is 0.743. The van der Waals surface area contributed by atoms with Crippen LogP contribution in [-0.4, -0.2) is 31.6 Å². The Hall–Kier alpha value is -0.410. The SMILES string of the molecule is CC(C)OCC(=O)C1CCCNCC1. The van der Waals surface area contributed by atoms with Gasteiger partial charge in [-0.15, -0.1) is 0 Å². The van der Waals surface area contributed by atoms with Gasteiger partial charge < -0.3 is 10.1 Å². The molecule has 0 bridgehead atoms. The van der Waals surface area contributed by atoms with Crippen molar-refractivity contribution in [3.8, 4) is 0 Å². The van der Waals surface area contributed by atoms with Crippen LogP contribution in [0.1, 0.15) is 33.1 Å². The molecule has 82 valence electrons. The molecule has 0 aromatic heterocycles. The predicted molar refractivity (Wildman–Crippen MR) is 56.3 cm³/mol. The van der Waals surface area contributed by atoms with Crippen LogP contribution in [-0.2, 0) is 9.53 Å². The second kappa shape index (κ2) is 6.14. The maximum absolute atomic E-state index is 11.7. The van der Waals surface area contributed by atoms with Gasteiger partial charge in [0.25, 0.3) is 0 Å². The second-order valence-corrected chi connectivity index (χ2v) is 4.20. The maximum atomic E-state index is 11.7. The highest BCUT2D eigenvalue weighted by molar-refractivity contribution is 5.82. The summed E-state index contributed by atoms with van der Waals surface area (Å²) in [7, 11) is 0. The first-order chi connectivity index (χ1) is 6.70. The molecule has 0 spiro atoms. The van der Waals surface area contributed by atoms with Crippen LogP contribution in [0, 0.1) is 5.92 Å². The van der Waals surface area contributed by atoms with Gasteiger partial charge in [0.15, 0.2) is 5.78 Å². The molecule has 3 heteroatoms. The Bertz CT molecular complexity index is 172. The van der Waals surface area contributed by atoms with Gasteiger partial charge in [0.2, 0.25) is 0 Å². The highest BCUT2D eigenvalue weighted by Crippen LogP contribution is 2.14. The lowest BCUT2D eigenvalue weighted by Gasteiger charge is -2.13. The van der Waals surface area contributed by atoms with Gasteiger partial charge in [0.1, 0.15) is 6.61 Å². The lowest BCUT2D eigenvalue weighted by Crippen LogP contribution is -2.23. The smallest absolute Gasteiger partial charge is 0.161 e. The molecule has 0 aliphatic carbocycles. The molecule has 1 aliphatic rings. The highest BCUT2D eigenvalue weighted by atomic mass is 16.5. The predicted octanol–water partition coefficient (Wildman–Crippen LogP) is 1.37. The van der Waals surface area contributed by atoms with Crippen LogP contribution in [0.15, 0.2) is 0 Å². The fourth-order valence-electron chi connectivity index (χ4n) is 1.71. The van der Waals surface area contributed by atoms with Crippen LogP contribution in [0.4, 0.5) is 0 Å². The van der Waals surface area contributed by atoms with Gasteiger partial charge in [-0.25, -0.2) is 0 Å². The van der Waals surface area contributed by atoms with E-state index in [1.165, 1.54) is 0 Å². The number of Topliss-reactive ketones (excluding diaryl/α,β-unsaturated/α-hetero) is 1. The summed E-state index contributed by atoms with van der Waals surface area (Å²) in [5, 5.41) is 3.30. The zero-order valence-electron chi connectivity index (χ0n) is 9.21. The van der Waals surface area contributed by atoms with E-state index in [1.54, 1.807) is 0 Å². The van der Waals surface area contributed by atoms with E-state index in [1.807, 2.05) is 13.8 Å². The highest BCUT2D eigenvalue weighted by Gasteiger charge is 2.19. The lowest BCUT2D eigenvalue weighted by atomic mass is 9.96. The monoisotopic (exact) mass is 199 g/mol. The maximum Gasteiger partial charge on any atom is 0.161 e. The van der Waals surface area contributed by atoms with Gasteiger partial charge in [-0.1, -0.05) is 0 Å². The summed E-state index contributed by atoms with van der Waals surface area (Å²) >= 11 is 0. The molecule has 0 amide bonds. The molecule has 14 heavy (non-hydrogen) atoms. The topological polar surface area (TPSA) is 38.3 Å². The number of hydrogen-bond donors (Lipinski definition) is 1. The Morgan fingerprint density at radius 1 is 1.43 bits per heavy atom. The van der Waals surface area contributed by atoms with Crippen molar-refractivity contribution in [3.05, 3.63) is 0 Å². The number of hydrogen-bond acceptors (Lipinski definition) is 3. The molecular formula is C11H21NO2. The fraction of sp³-hybridized carbons (Fsp3) is 0.909. The molecule has 1 fully saturated rings. The first kappa shape index (κ1) is 11.7. The Balaban J connectivity index is 2.27. The molecule has 1 aliphatic heterocycles. The van der Waals surface area contributed by atoms with E-state index in [4.69, 9.17) is 4.74 Å². The molecule has 0 radical (unpaired) electrons. The number of ketones is 1. The molecule has 1 heterocycles. The third-order valence-electron chi connectivity index (χ3n) is 2.59. The summed E-state index contributed by atoms with van der Waals surface area (Å²) in [6.07, 6.45) is 3.26. The fourth-order valence-corrected chi connectivity index (χ4v) is 1.71. The van der Waals surface area contributed by atoms with Crippen LogP contribution in [0.2, 0.25) is 0 Å². The summed E-state index contributed by atoms with van der Waals surface area (Å²) in [4.78, 5) is 11.7. The molecule has 3 nitrogen and oxygen atoms in total. The lowest BCUT2D eigenvalue weighted by molar-refractivity contribution is -0.129. The summed E-state index contributed by atoms with van der Waals surface area (Å²) < 4.78 is 5.33. The zero-order valence-corrected chi connectivity index (χ0v) is 9.21. The number of carbonyl (C=O) groups is 1. The minimum atomic E-state index is 0.155. The van der Waals surface area contributed by atoms with Crippen LogP contribution >= 0.6 is 0 Å². The number of rotatable bonds is 4. The minimum Gasteiger partial charge on any atom is -0.371 e. The number of carbonyl (C=O) groups excluding carboxylic acids is 1. The Labute approximate surface area is 86.2 Å². The standard InChI is InChI=1S/C11H21NO2/c1-9(2)14-8-11(13)10-4-3-6-12-7-5-10/h9-10,12H,3-8H2,1-2H3. The van der Waals surface area contributed by atoms with Gasteiger partial charge >= 0.3 is 0 Å². The largest absolute Gasteiger partial charge is 0.371 e. The molecule has 1 saturated heterocycles. The molecule has 1 rings (SSSR count). The molecule has 0 aromatic rings. The van der Waals surface area contributed by atoms with Gasteiger partial charge in [0, 0.05) is 5.92 Å². The van der Waals surface area contributed by atoms with Crippen molar-refractivity contribution < 1.29 is 9.53 Å². The summed E-state index contributed by atoms with van der Waals surface area (Å²) in [5.74, 6) is 0.506. The molecule has 1 unspecified atom stereocenters. The summed E-state index contributed by atoms with van der Waals surface area (Å²) in [6, 6.07) is 0. The molecule has 1 N–H and O–H groups in total. The van der Waals surface area contributed by atoms with E-state index in [0.717, 1.165) is 32.4 Å². The van der Waals surface area contributed by atoms with Crippen molar-refractivity contribution in [2.24, 2.45) is 5.92 Å². The molecule has 0 aromatic carbocycles. The van der Waals surface area contributed by atoms with Gasteiger partial charge in [0.05, 0.1) is 6.10 Å². The van der Waals surface area contributed by atoms with Crippen molar-refractivity contribution in [1.82, 2.24) is 5.32 Å². The summed E-state index contributed by atoms with van der Waals surface area (Å²) in [6.45, 7) is 6.24. The molecule has 0 saturated carbocycles. The molecular weight excluding hydrogens is 178 g/mol. The van der Waals surface area contributed by atoms with Crippen molar-refractivity contribution in [1.29, 1.82) is 0 Å². The average molecular weight is 199 g/mol. The van der Waals surface area contributed by atoms with Crippen LogP contribution in [0.3, 0.4) is 0 Å². The third kappa shape index (κ3) is 4.20. The Kier molecular flexibility index (Phi) is 5.12. The van der Waals surface area contributed by atoms with Gasteiger partial charge in [-0.2, -0.15) is 0 Å². The molecule has 1 atom stereocenters. The van der Waals surface area contributed by atoms with Crippen LogP contribution in [0.25, 0.3) is 0 Å². The second-order valence-electron chi connectivity index (χ2n) is 4.20. The van der Waals surface area contributed by atoms with E-state index in [2.05, 4.69) is 5.32 Å². The van der Waals surface area contributed by atoms with Gasteiger partial charge in [-0.3, -0.25) is 4.79 Å². The summed E-state index contributed by atoms with van der Waals surface area (Å²) in [5.41, 5.74) is 0. The minimum absolute atomic E-state index is 0.155. The van der Waals surface area contributed by atoms with Crippen LogP contribution in [0.5, 0.6) is 0 Å². The first-order valence-electron chi connectivity index (χ1n) is 5.55. The van der Waals surface area contributed by atoms with Crippen molar-refractivity contribution in [2.45, 2.75) is 39.2 Å².